The molecule has 1 amide bonds. The van der Waals surface area contributed by atoms with Gasteiger partial charge in [-0.05, 0) is 18.6 Å². The first-order valence-electron chi connectivity index (χ1n) is 6.40. The number of benzene rings is 1. The van der Waals surface area contributed by atoms with Crippen molar-refractivity contribution in [3.8, 4) is 0 Å². The number of carbonyl (C=O) groups is 1. The molecule has 0 spiro atoms. The van der Waals surface area contributed by atoms with E-state index in [1.807, 2.05) is 12.1 Å². The Labute approximate surface area is 120 Å². The minimum atomic E-state index is -0.389. The molecule has 1 aromatic carbocycles. The second-order valence-corrected chi connectivity index (χ2v) is 5.65. The Morgan fingerprint density at radius 2 is 2.45 bits per heavy atom. The van der Waals surface area contributed by atoms with E-state index in [-0.39, 0.29) is 12.1 Å². The van der Waals surface area contributed by atoms with E-state index >= 15 is 0 Å². The molecule has 6 nitrogen and oxygen atoms in total. The lowest BCUT2D eigenvalue weighted by atomic mass is 10.2. The van der Waals surface area contributed by atoms with Gasteiger partial charge < -0.3 is 20.7 Å². The van der Waals surface area contributed by atoms with Gasteiger partial charge in [0.2, 0.25) is 0 Å². The molecular weight excluding hydrogens is 276 g/mol. The summed E-state index contributed by atoms with van der Waals surface area (Å²) in [4.78, 5) is 17.7. The average Bonchev–Trinajstić information content (AvgIpc) is 3.08. The number of alkyl carbamates (subject to hydrolysis) is 1. The molecule has 2 heterocycles. The van der Waals surface area contributed by atoms with Crippen molar-refractivity contribution in [2.45, 2.75) is 12.5 Å². The average molecular weight is 292 g/mol. The second-order valence-electron chi connectivity index (χ2n) is 4.76. The van der Waals surface area contributed by atoms with Crippen LogP contribution in [0.5, 0.6) is 0 Å². The summed E-state index contributed by atoms with van der Waals surface area (Å²) in [5.74, 6) is 0. The molecule has 3 rings (SSSR count). The van der Waals surface area contributed by atoms with Gasteiger partial charge >= 0.3 is 6.09 Å². The standard InChI is InChI=1S/C13H16N4O2S/c1-19-13(18)16-8-4-5-17(6-8)9-2-3-10-12(11(9)14)15-7-20-10/h2-3,7-8H,4-6,14H2,1H3,(H,16,18). The van der Waals surface area contributed by atoms with Crippen molar-refractivity contribution in [2.24, 2.45) is 0 Å². The number of hydrogen-bond donors (Lipinski definition) is 2. The fourth-order valence-corrected chi connectivity index (χ4v) is 3.23. The number of amides is 1. The number of thiazole rings is 1. The van der Waals surface area contributed by atoms with E-state index in [4.69, 9.17) is 5.73 Å². The molecule has 20 heavy (non-hydrogen) atoms. The number of hydrogen-bond acceptors (Lipinski definition) is 6. The number of fused-ring (bicyclic) bond motifs is 1. The molecular formula is C13H16N4O2S. The molecule has 0 saturated carbocycles. The number of anilines is 2. The van der Waals surface area contributed by atoms with Gasteiger partial charge in [-0.3, -0.25) is 0 Å². The molecule has 3 N–H and O–H groups in total. The minimum Gasteiger partial charge on any atom is -0.453 e. The number of methoxy groups -OCH3 is 1. The summed E-state index contributed by atoms with van der Waals surface area (Å²) in [5, 5.41) is 2.82. The summed E-state index contributed by atoms with van der Waals surface area (Å²) < 4.78 is 5.71. The fourth-order valence-electron chi connectivity index (χ4n) is 2.54. The van der Waals surface area contributed by atoms with Crippen LogP contribution >= 0.6 is 11.3 Å². The lowest BCUT2D eigenvalue weighted by molar-refractivity contribution is 0.167. The Hall–Kier alpha value is -2.02. The molecule has 1 unspecified atom stereocenters. The number of carbonyl (C=O) groups excluding carboxylic acids is 1. The summed E-state index contributed by atoms with van der Waals surface area (Å²) in [5.41, 5.74) is 10.6. The summed E-state index contributed by atoms with van der Waals surface area (Å²) in [6, 6.07) is 4.16. The first-order chi connectivity index (χ1) is 9.69. The number of nitrogens with zero attached hydrogens (tertiary/aromatic N) is 2. The van der Waals surface area contributed by atoms with Gasteiger partial charge in [0.1, 0.15) is 5.52 Å². The zero-order valence-corrected chi connectivity index (χ0v) is 11.9. The predicted octanol–water partition coefficient (Wildman–Crippen LogP) is 1.81. The van der Waals surface area contributed by atoms with Gasteiger partial charge in [-0.1, -0.05) is 0 Å². The molecule has 0 aliphatic carbocycles. The van der Waals surface area contributed by atoms with Crippen molar-refractivity contribution < 1.29 is 9.53 Å². The largest absolute Gasteiger partial charge is 0.453 e. The van der Waals surface area contributed by atoms with Crippen LogP contribution in [-0.4, -0.2) is 37.3 Å². The summed E-state index contributed by atoms with van der Waals surface area (Å²) in [7, 11) is 1.37. The number of rotatable bonds is 2. The van der Waals surface area contributed by atoms with Crippen LogP contribution in [0.1, 0.15) is 6.42 Å². The predicted molar refractivity (Wildman–Crippen MR) is 80.2 cm³/mol. The fraction of sp³-hybridized carbons (Fsp3) is 0.385. The Kier molecular flexibility index (Phi) is 3.35. The quantitative estimate of drug-likeness (QED) is 0.825. The molecule has 1 aliphatic rings. The van der Waals surface area contributed by atoms with Crippen molar-refractivity contribution in [3.05, 3.63) is 17.6 Å². The minimum absolute atomic E-state index is 0.0907. The number of ether oxygens (including phenoxy) is 1. The smallest absolute Gasteiger partial charge is 0.407 e. The molecule has 1 aromatic heterocycles. The zero-order valence-electron chi connectivity index (χ0n) is 11.1. The van der Waals surface area contributed by atoms with Gasteiger partial charge in [-0.15, -0.1) is 11.3 Å². The Morgan fingerprint density at radius 1 is 1.60 bits per heavy atom. The molecule has 2 aromatic rings. The number of aromatic nitrogens is 1. The van der Waals surface area contributed by atoms with E-state index in [0.717, 1.165) is 35.4 Å². The van der Waals surface area contributed by atoms with Gasteiger partial charge in [0.25, 0.3) is 0 Å². The highest BCUT2D eigenvalue weighted by molar-refractivity contribution is 7.16. The topological polar surface area (TPSA) is 80.5 Å². The highest BCUT2D eigenvalue weighted by Gasteiger charge is 2.26. The van der Waals surface area contributed by atoms with Gasteiger partial charge in [0.15, 0.2) is 0 Å². The second kappa shape index (κ2) is 5.16. The van der Waals surface area contributed by atoms with Crippen LogP contribution in [0.15, 0.2) is 17.6 Å². The van der Waals surface area contributed by atoms with E-state index in [1.54, 1.807) is 16.8 Å². The number of nitrogens with two attached hydrogens (primary N) is 1. The molecule has 7 heteroatoms. The molecule has 1 atom stereocenters. The molecule has 0 radical (unpaired) electrons. The molecule has 1 saturated heterocycles. The van der Waals surface area contributed by atoms with Crippen LogP contribution < -0.4 is 16.0 Å². The Morgan fingerprint density at radius 3 is 3.25 bits per heavy atom. The highest BCUT2D eigenvalue weighted by Crippen LogP contribution is 2.34. The van der Waals surface area contributed by atoms with Crippen molar-refractivity contribution in [1.29, 1.82) is 0 Å². The summed E-state index contributed by atoms with van der Waals surface area (Å²) >= 11 is 1.58. The van der Waals surface area contributed by atoms with Gasteiger partial charge in [-0.2, -0.15) is 0 Å². The lowest BCUT2D eigenvalue weighted by Gasteiger charge is -2.20. The SMILES string of the molecule is COC(=O)NC1CCN(c2ccc3scnc3c2N)C1. The summed E-state index contributed by atoms with van der Waals surface area (Å²) in [6.07, 6.45) is 0.490. The van der Waals surface area contributed by atoms with Crippen molar-refractivity contribution >= 4 is 39.0 Å². The molecule has 106 valence electrons. The van der Waals surface area contributed by atoms with Crippen LogP contribution in [0.25, 0.3) is 10.2 Å². The number of nitrogen functional groups attached to an aromatic ring is 1. The third kappa shape index (κ3) is 2.24. The van der Waals surface area contributed by atoms with E-state index in [9.17, 15) is 4.79 Å². The highest BCUT2D eigenvalue weighted by atomic mass is 32.1. The normalized spacial score (nSPS) is 18.4. The zero-order chi connectivity index (χ0) is 14.1. The van der Waals surface area contributed by atoms with Crippen LogP contribution in [-0.2, 0) is 4.74 Å². The summed E-state index contributed by atoms with van der Waals surface area (Å²) in [6.45, 7) is 1.59. The van der Waals surface area contributed by atoms with Gasteiger partial charge in [0.05, 0.1) is 34.7 Å². The van der Waals surface area contributed by atoms with Crippen molar-refractivity contribution in [1.82, 2.24) is 10.3 Å². The third-order valence-electron chi connectivity index (χ3n) is 3.55. The van der Waals surface area contributed by atoms with Crippen LogP contribution in [0, 0.1) is 0 Å². The maximum atomic E-state index is 11.2. The third-order valence-corrected chi connectivity index (χ3v) is 4.35. The maximum absolute atomic E-state index is 11.2. The van der Waals surface area contributed by atoms with Crippen LogP contribution in [0.3, 0.4) is 0 Å². The van der Waals surface area contributed by atoms with Crippen molar-refractivity contribution in [3.63, 3.8) is 0 Å². The van der Waals surface area contributed by atoms with Crippen LogP contribution in [0.4, 0.5) is 16.2 Å². The van der Waals surface area contributed by atoms with E-state index in [0.29, 0.717) is 5.69 Å². The first kappa shape index (κ1) is 13.0. The van der Waals surface area contributed by atoms with Gasteiger partial charge in [-0.25, -0.2) is 9.78 Å². The van der Waals surface area contributed by atoms with Crippen molar-refractivity contribution in [2.75, 3.05) is 30.8 Å². The van der Waals surface area contributed by atoms with E-state index in [2.05, 4.69) is 19.9 Å². The lowest BCUT2D eigenvalue weighted by Crippen LogP contribution is -2.37. The van der Waals surface area contributed by atoms with Gasteiger partial charge in [0, 0.05) is 13.1 Å². The number of nitrogens with one attached hydrogen (secondary N) is 1. The molecule has 0 bridgehead atoms. The molecule has 1 fully saturated rings. The maximum Gasteiger partial charge on any atom is 0.407 e. The van der Waals surface area contributed by atoms with E-state index in [1.165, 1.54) is 7.11 Å². The first-order valence-corrected chi connectivity index (χ1v) is 7.28. The van der Waals surface area contributed by atoms with Crippen LogP contribution in [0.2, 0.25) is 0 Å². The Bertz CT molecular complexity index is 642. The van der Waals surface area contributed by atoms with E-state index < -0.39 is 0 Å². The monoisotopic (exact) mass is 292 g/mol. The Balaban J connectivity index is 1.79. The molecule has 1 aliphatic heterocycles.